The molecular formula is C88H136N6O56. The van der Waals surface area contributed by atoms with Crippen LogP contribution in [0.5, 0.6) is 17.2 Å². The molecule has 6 amide bonds. The SMILES string of the molecule is CC(=O)NC1C(OCCCNC(=O)COc2cc(OCC(=O)NCCCOC3OC(CO)C(OC4OC(CO)C(O)C(OC5OC(CO)C(O)C(O)C5O)C4O)C(O)C3NC(C)=O)cc(-c3cc(OCC(=O)NCCCOC4OC(CO)C(OC5OC(CO)C(O)C(OC6OC(CO)C(O)C(O)C6O)C5O)C(O)C4NC(C)=O)cc(C(=O)O)c3)c2)OC(CO)C(OC2OC(CO)C(O)C(OC3OC(CO)C(O)C(O)C3O)C2O)C1O. The van der Waals surface area contributed by atoms with Crippen LogP contribution in [0.1, 0.15) is 50.4 Å². The molecule has 11 rings (SSSR count). The van der Waals surface area contributed by atoms with Crippen LogP contribution >= 0.6 is 0 Å². The molecule has 9 heterocycles. The van der Waals surface area contributed by atoms with Crippen molar-refractivity contribution in [2.75, 3.05) is 119 Å². The lowest BCUT2D eigenvalue weighted by Crippen LogP contribution is -2.68. The monoisotopic (exact) mass is 2170 g/mol. The minimum absolute atomic E-state index is 0.0327. The van der Waals surface area contributed by atoms with E-state index in [0.717, 1.165) is 26.8 Å². The topological polar surface area (TPSA) is 952 Å². The number of hydrogen-bond donors (Lipinski definition) is 34. The summed E-state index contributed by atoms with van der Waals surface area (Å²) in [5.74, 6) is -6.65. The third-order valence-electron chi connectivity index (χ3n) is 25.7. The number of carboxylic acids is 1. The largest absolute Gasteiger partial charge is 0.484 e. The quantitative estimate of drug-likeness (QED) is 0.0274. The standard InChI is InChI=1S/C88H136N6O56/c1-31(104)92-52-61(116)73(145-86-70(125)76(58(113)43(22-98)139-86)148-83-67(122)64(119)55(110)40(19-95)136-83)46(25-101)142-80(52)130-10-4-7-89-49(107)28-133-37-14-34(13-36(17-37)79(128)129)35-15-38(134-29-50(108)90-8-5-11-131-81-53(93-32(2)105)62(117)74(47(26-102)143-81)146-87-71(126)77(59(114)44(23-99)140-87)149-84-68(123)65(120)56(111)41(20-96)137-84)18-39(16-35)135-30-51(109)91-9-6-12-132-82-54(94-33(3)106)63(118)75(48(27-103)144-82)147-88-72(127)78(60(115)45(24-100)141-88)150-85-69(124)66(121)57(112)42(21-97)138-85/h13-18,40-48,52-78,80-88,95-103,110-127H,4-12,19-30H2,1-3H3,(H,89,107)(H,90,108)(H,91,109)(H,92,104)(H,93,105)(H,94,106)(H,128,129). The summed E-state index contributed by atoms with van der Waals surface area (Å²) in [7, 11) is 0. The van der Waals surface area contributed by atoms with Gasteiger partial charge in [0, 0.05) is 46.5 Å². The first-order chi connectivity index (χ1) is 71.4. The normalized spacial score (nSPS) is 39.3. The van der Waals surface area contributed by atoms with Gasteiger partial charge in [0.15, 0.2) is 76.4 Å². The van der Waals surface area contributed by atoms with Gasteiger partial charge in [-0.2, -0.15) is 0 Å². The van der Waals surface area contributed by atoms with E-state index < -0.39 is 402 Å². The fraction of sp³-hybridized carbons (Fsp3) is 0.784. The fourth-order valence-electron chi connectivity index (χ4n) is 17.7. The van der Waals surface area contributed by atoms with Gasteiger partial charge >= 0.3 is 5.97 Å². The lowest BCUT2D eigenvalue weighted by Gasteiger charge is -2.48. The number of rotatable bonds is 50. The zero-order chi connectivity index (χ0) is 110. The van der Waals surface area contributed by atoms with Crippen LogP contribution in [0.15, 0.2) is 36.4 Å². The number of aliphatic hydroxyl groups excluding tert-OH is 27. The average molecular weight is 2170 g/mol. The predicted octanol–water partition coefficient (Wildman–Crippen LogP) is -19.5. The van der Waals surface area contributed by atoms with Crippen molar-refractivity contribution in [1.82, 2.24) is 31.9 Å². The van der Waals surface area contributed by atoms with E-state index in [-0.39, 0.29) is 87.1 Å². The molecule has 9 aliphatic heterocycles. The van der Waals surface area contributed by atoms with Gasteiger partial charge in [0.1, 0.15) is 237 Å². The third-order valence-corrected chi connectivity index (χ3v) is 25.7. The van der Waals surface area contributed by atoms with E-state index in [4.69, 9.17) is 99.5 Å². The summed E-state index contributed by atoms with van der Waals surface area (Å²) in [4.78, 5) is 91.4. The molecule has 34 N–H and O–H groups in total. The molecule has 0 radical (unpaired) electrons. The molecule has 9 fully saturated rings. The second-order valence-corrected chi connectivity index (χ2v) is 36.5. The van der Waals surface area contributed by atoms with Gasteiger partial charge in [-0.25, -0.2) is 4.79 Å². The Morgan fingerprint density at radius 3 is 0.733 bits per heavy atom. The molecular weight excluding hydrogens is 2040 g/mol. The number of aliphatic hydroxyl groups is 27. The number of carbonyl (C=O) groups excluding carboxylic acids is 6. The lowest BCUT2D eigenvalue weighted by atomic mass is 9.95. The van der Waals surface area contributed by atoms with Crippen LogP contribution in [0.3, 0.4) is 0 Å². The molecule has 45 unspecified atom stereocenters. The van der Waals surface area contributed by atoms with Crippen molar-refractivity contribution in [3.8, 4) is 28.4 Å². The first-order valence-electron chi connectivity index (χ1n) is 47.9. The highest BCUT2D eigenvalue weighted by Crippen LogP contribution is 2.41. The van der Waals surface area contributed by atoms with Crippen molar-refractivity contribution >= 4 is 41.4 Å². The molecule has 2 aromatic rings. The second-order valence-electron chi connectivity index (χ2n) is 36.5. The first kappa shape index (κ1) is 123. The van der Waals surface area contributed by atoms with Gasteiger partial charge in [-0.05, 0) is 60.7 Å². The van der Waals surface area contributed by atoms with E-state index in [0.29, 0.717) is 0 Å². The second kappa shape index (κ2) is 57.3. The van der Waals surface area contributed by atoms with E-state index >= 15 is 0 Å². The number of carboxylic acid groups (broad SMARTS) is 1. The van der Waals surface area contributed by atoms with E-state index in [9.17, 15) is 177 Å². The van der Waals surface area contributed by atoms with Crippen molar-refractivity contribution in [2.45, 2.75) is 316 Å². The average Bonchev–Trinajstić information content (AvgIpc) is 0.772. The van der Waals surface area contributed by atoms with Gasteiger partial charge in [0.25, 0.3) is 17.7 Å². The molecule has 9 saturated heterocycles. The number of benzene rings is 2. The molecule has 45 atom stereocenters. The fourth-order valence-corrected chi connectivity index (χ4v) is 17.7. The lowest BCUT2D eigenvalue weighted by molar-refractivity contribution is -0.376. The van der Waals surface area contributed by atoms with Crippen LogP contribution in [0.2, 0.25) is 0 Å². The summed E-state index contributed by atoms with van der Waals surface area (Å²) in [5, 5.41) is 314. The number of aromatic carboxylic acids is 1. The highest BCUT2D eigenvalue weighted by Gasteiger charge is 2.60. The molecule has 62 nitrogen and oxygen atoms in total. The third kappa shape index (κ3) is 30.8. The molecule has 0 saturated carbocycles. The smallest absolute Gasteiger partial charge is 0.335 e. The molecule has 0 spiro atoms. The highest BCUT2D eigenvalue weighted by molar-refractivity contribution is 5.90. The number of carbonyl (C=O) groups is 7. The van der Waals surface area contributed by atoms with Crippen LogP contribution < -0.4 is 46.1 Å². The maximum Gasteiger partial charge on any atom is 0.335 e. The van der Waals surface area contributed by atoms with Crippen molar-refractivity contribution in [1.29, 1.82) is 0 Å². The molecule has 2 aromatic carbocycles. The van der Waals surface area contributed by atoms with E-state index in [2.05, 4.69) is 31.9 Å². The molecule has 150 heavy (non-hydrogen) atoms. The van der Waals surface area contributed by atoms with E-state index in [1.807, 2.05) is 0 Å². The molecule has 854 valence electrons. The van der Waals surface area contributed by atoms with Gasteiger partial charge in [-0.3, -0.25) is 28.8 Å². The summed E-state index contributed by atoms with van der Waals surface area (Å²) >= 11 is 0. The number of nitrogens with one attached hydrogen (secondary N) is 6. The van der Waals surface area contributed by atoms with E-state index in [1.54, 1.807) is 0 Å². The Morgan fingerprint density at radius 1 is 0.260 bits per heavy atom. The number of hydrogen-bond acceptors (Lipinski definition) is 55. The molecule has 0 aromatic heterocycles. The Balaban J connectivity index is 0.716. The van der Waals surface area contributed by atoms with Gasteiger partial charge in [0.05, 0.1) is 84.8 Å². The Hall–Kier alpha value is -7.67. The van der Waals surface area contributed by atoms with Crippen LogP contribution in [0.25, 0.3) is 11.1 Å². The Morgan fingerprint density at radius 2 is 0.487 bits per heavy atom. The Kier molecular flexibility index (Phi) is 46.8. The van der Waals surface area contributed by atoms with E-state index in [1.165, 1.54) is 30.3 Å². The Labute approximate surface area is 851 Å². The first-order valence-corrected chi connectivity index (χ1v) is 47.9. The molecule has 0 bridgehead atoms. The summed E-state index contributed by atoms with van der Waals surface area (Å²) in [6.07, 6.45) is -76.7. The minimum atomic E-state index is -2.11. The van der Waals surface area contributed by atoms with Crippen molar-refractivity contribution in [3.05, 3.63) is 42.0 Å². The summed E-state index contributed by atoms with van der Waals surface area (Å²) < 4.78 is 121. The van der Waals surface area contributed by atoms with Crippen LogP contribution in [0, 0.1) is 0 Å². The molecule has 62 heteroatoms. The van der Waals surface area contributed by atoms with Crippen LogP contribution in [0.4, 0.5) is 0 Å². The van der Waals surface area contributed by atoms with Gasteiger partial charge in [0.2, 0.25) is 17.7 Å². The molecule has 9 aliphatic rings. The maximum atomic E-state index is 13.6. The van der Waals surface area contributed by atoms with Crippen molar-refractivity contribution < 1.29 is 276 Å². The highest BCUT2D eigenvalue weighted by atomic mass is 16.8. The zero-order valence-corrected chi connectivity index (χ0v) is 80.7. The van der Waals surface area contributed by atoms with Gasteiger partial charge < -0.3 is 274 Å². The summed E-state index contributed by atoms with van der Waals surface area (Å²) in [6, 6.07) is 2.83. The maximum absolute atomic E-state index is 13.6. The summed E-state index contributed by atoms with van der Waals surface area (Å²) in [5.41, 5.74) is -0.312. The zero-order valence-electron chi connectivity index (χ0n) is 80.7. The predicted molar refractivity (Wildman–Crippen MR) is 478 cm³/mol. The molecule has 0 aliphatic carbocycles. The Bertz CT molecular complexity index is 4390. The van der Waals surface area contributed by atoms with Crippen LogP contribution in [-0.4, -0.2) is 579 Å². The van der Waals surface area contributed by atoms with Gasteiger partial charge in [-0.15, -0.1) is 0 Å². The minimum Gasteiger partial charge on any atom is -0.484 e. The number of amides is 6. The van der Waals surface area contributed by atoms with Crippen molar-refractivity contribution in [3.63, 3.8) is 0 Å². The number of ether oxygens (including phenoxy) is 21. The van der Waals surface area contributed by atoms with Crippen molar-refractivity contribution in [2.24, 2.45) is 0 Å². The van der Waals surface area contributed by atoms with Gasteiger partial charge in [-0.1, -0.05) is 0 Å². The van der Waals surface area contributed by atoms with Crippen LogP contribution in [-0.2, 0) is 114 Å². The summed E-state index contributed by atoms with van der Waals surface area (Å²) in [6.45, 7) is -8.90.